The van der Waals surface area contributed by atoms with Gasteiger partial charge in [0.1, 0.15) is 0 Å². The van der Waals surface area contributed by atoms with E-state index in [1.54, 1.807) is 24.3 Å². The molecule has 4 bridgehead atoms. The van der Waals surface area contributed by atoms with Gasteiger partial charge in [-0.3, -0.25) is 0 Å². The van der Waals surface area contributed by atoms with Gasteiger partial charge in [-0.1, -0.05) is 44.2 Å². The molecule has 1 aliphatic carbocycles. The number of fused-ring (bicyclic) bond motifs is 4. The average Bonchev–Trinajstić information content (AvgIpc) is 2.89. The average molecular weight is 607 g/mol. The Morgan fingerprint density at radius 2 is 1.74 bits per heavy atom. The molecule has 2 aromatic carbocycles. The second-order valence-electron chi connectivity index (χ2n) is 12.6. The molecule has 1 amide bonds. The van der Waals surface area contributed by atoms with Crippen LogP contribution in [0.2, 0.25) is 0 Å². The number of alkyl carbamates (subject to hydrolysis) is 1. The summed E-state index contributed by atoms with van der Waals surface area (Å²) in [6, 6.07) is 15.0. The van der Waals surface area contributed by atoms with Gasteiger partial charge >= 0.3 is 6.09 Å². The van der Waals surface area contributed by atoms with Crippen LogP contribution < -0.4 is 14.8 Å². The number of amides is 1. The number of nitrogens with one attached hydrogen (secondary N) is 2. The van der Waals surface area contributed by atoms with Gasteiger partial charge in [-0.05, 0) is 93.5 Å². The SMILES string of the molecule is Cc1cccc(C)c1-c1cc2nc(n1)NS(=O)(=O)c1cccc(c1)C([C@H]1C[C@@H](NC(=O)OC(C)C)C1)[C@H](CC(C)C)CO2. The monoisotopic (exact) mass is 606 g/mol. The number of hydrogen-bond donors (Lipinski definition) is 2. The number of rotatable bonds is 6. The molecule has 2 heterocycles. The van der Waals surface area contributed by atoms with E-state index in [0.29, 0.717) is 24.1 Å². The highest BCUT2D eigenvalue weighted by atomic mass is 32.2. The Bertz CT molecular complexity index is 1560. The fraction of sp³-hybridized carbons (Fsp3) is 0.485. The van der Waals surface area contributed by atoms with E-state index in [1.165, 1.54) is 0 Å². The van der Waals surface area contributed by atoms with Gasteiger partial charge in [-0.25, -0.2) is 22.9 Å². The summed E-state index contributed by atoms with van der Waals surface area (Å²) in [5, 5.41) is 2.98. The maximum absolute atomic E-state index is 13.7. The minimum atomic E-state index is -3.99. The summed E-state index contributed by atoms with van der Waals surface area (Å²) in [6.07, 6.45) is 1.83. The highest BCUT2D eigenvalue weighted by Gasteiger charge is 2.41. The van der Waals surface area contributed by atoms with Crippen molar-refractivity contribution in [2.45, 2.75) is 83.8 Å². The van der Waals surface area contributed by atoms with E-state index in [4.69, 9.17) is 9.47 Å². The van der Waals surface area contributed by atoms with Crippen LogP contribution in [0.3, 0.4) is 0 Å². The molecule has 10 heteroatoms. The van der Waals surface area contributed by atoms with Crippen molar-refractivity contribution in [1.29, 1.82) is 0 Å². The van der Waals surface area contributed by atoms with E-state index in [2.05, 4.69) is 33.9 Å². The van der Waals surface area contributed by atoms with Crippen LogP contribution in [0.15, 0.2) is 53.4 Å². The first-order chi connectivity index (χ1) is 20.4. The first kappa shape index (κ1) is 30.8. The summed E-state index contributed by atoms with van der Waals surface area (Å²) in [4.78, 5) is 21.5. The lowest BCUT2D eigenvalue weighted by atomic mass is 9.64. The first-order valence-corrected chi connectivity index (χ1v) is 16.6. The van der Waals surface area contributed by atoms with Crippen LogP contribution in [-0.2, 0) is 14.8 Å². The molecule has 0 saturated heterocycles. The Morgan fingerprint density at radius 1 is 1.05 bits per heavy atom. The molecule has 2 aliphatic rings. The Balaban J connectivity index is 1.53. The number of anilines is 1. The molecule has 0 spiro atoms. The molecule has 0 radical (unpaired) electrons. The summed E-state index contributed by atoms with van der Waals surface area (Å²) < 4.78 is 41.6. The predicted octanol–water partition coefficient (Wildman–Crippen LogP) is 6.61. The standard InChI is InChI=1S/C33H42N4O5S/c1-19(2)13-25-18-41-29-17-28(30-21(5)9-7-10-22(30)6)35-32(36-29)37-43(39,40)27-12-8-11-23(16-27)31(25)24-14-26(15-24)34-33(38)42-20(3)4/h7-12,16-17,19-20,24-26,31H,13-15,18H2,1-6H3,(H,34,38)(H,35,36,37)/t24-,25-,26+,31?/m1/s1. The molecule has 43 heavy (non-hydrogen) atoms. The molecule has 1 aliphatic heterocycles. The summed E-state index contributed by atoms with van der Waals surface area (Å²) in [6.45, 7) is 12.4. The van der Waals surface area contributed by atoms with Crippen molar-refractivity contribution in [1.82, 2.24) is 15.3 Å². The van der Waals surface area contributed by atoms with Gasteiger partial charge < -0.3 is 14.8 Å². The lowest BCUT2D eigenvalue weighted by Gasteiger charge is -2.44. The zero-order chi connectivity index (χ0) is 30.9. The number of nitrogens with zero attached hydrogens (tertiary/aromatic N) is 2. The van der Waals surface area contributed by atoms with E-state index in [-0.39, 0.29) is 40.7 Å². The topological polar surface area (TPSA) is 120 Å². The van der Waals surface area contributed by atoms with Crippen molar-refractivity contribution in [2.75, 3.05) is 11.3 Å². The third-order valence-electron chi connectivity index (χ3n) is 8.29. The van der Waals surface area contributed by atoms with Gasteiger partial charge in [0.05, 0.1) is 23.3 Å². The van der Waals surface area contributed by atoms with E-state index in [0.717, 1.165) is 41.5 Å². The Kier molecular flexibility index (Phi) is 8.96. The Morgan fingerprint density at radius 3 is 2.42 bits per heavy atom. The summed E-state index contributed by atoms with van der Waals surface area (Å²) in [7, 11) is -3.99. The van der Waals surface area contributed by atoms with Crippen molar-refractivity contribution >= 4 is 22.1 Å². The van der Waals surface area contributed by atoms with Gasteiger partial charge in [-0.15, -0.1) is 0 Å². The van der Waals surface area contributed by atoms with Gasteiger partial charge in [0.25, 0.3) is 10.0 Å². The highest BCUT2D eigenvalue weighted by molar-refractivity contribution is 7.92. The third kappa shape index (κ3) is 7.12. The van der Waals surface area contributed by atoms with Crippen LogP contribution in [0.1, 0.15) is 69.6 Å². The van der Waals surface area contributed by atoms with Gasteiger partial charge in [-0.2, -0.15) is 4.98 Å². The molecule has 2 atom stereocenters. The molecule has 1 aromatic heterocycles. The van der Waals surface area contributed by atoms with Crippen molar-refractivity contribution in [3.05, 3.63) is 65.2 Å². The van der Waals surface area contributed by atoms with Gasteiger partial charge in [0, 0.05) is 23.6 Å². The molecule has 230 valence electrons. The molecule has 1 unspecified atom stereocenters. The van der Waals surface area contributed by atoms with E-state index in [9.17, 15) is 13.2 Å². The molecule has 5 rings (SSSR count). The van der Waals surface area contributed by atoms with Crippen LogP contribution in [0, 0.1) is 31.6 Å². The van der Waals surface area contributed by atoms with Crippen molar-refractivity contribution < 1.29 is 22.7 Å². The summed E-state index contributed by atoms with van der Waals surface area (Å²) in [5.74, 6) is 1.03. The van der Waals surface area contributed by atoms with Crippen molar-refractivity contribution in [3.8, 4) is 17.1 Å². The third-order valence-corrected chi connectivity index (χ3v) is 9.62. The molecule has 3 aromatic rings. The minimum absolute atomic E-state index is 0.0103. The second-order valence-corrected chi connectivity index (χ2v) is 14.3. The lowest BCUT2D eigenvalue weighted by Crippen LogP contribution is -2.48. The fourth-order valence-electron chi connectivity index (χ4n) is 6.49. The number of carbonyl (C=O) groups excluding carboxylic acids is 1. The Hall–Kier alpha value is -3.66. The van der Waals surface area contributed by atoms with Gasteiger partial charge in [0.15, 0.2) is 0 Å². The normalized spacial score (nSPS) is 22.8. The number of aryl methyl sites for hydroxylation is 2. The first-order valence-electron chi connectivity index (χ1n) is 15.1. The number of aromatic nitrogens is 2. The maximum Gasteiger partial charge on any atom is 0.407 e. The maximum atomic E-state index is 13.7. The number of carbonyl (C=O) groups is 1. The number of benzene rings is 2. The molecule has 1 fully saturated rings. The fourth-order valence-corrected chi connectivity index (χ4v) is 7.49. The predicted molar refractivity (Wildman–Crippen MR) is 167 cm³/mol. The molecular weight excluding hydrogens is 564 g/mol. The van der Waals surface area contributed by atoms with Crippen molar-refractivity contribution in [2.24, 2.45) is 17.8 Å². The quantitative estimate of drug-likeness (QED) is 0.324. The van der Waals surface area contributed by atoms with Crippen LogP contribution in [0.25, 0.3) is 11.3 Å². The van der Waals surface area contributed by atoms with Crippen LogP contribution in [0.4, 0.5) is 10.7 Å². The Labute approximate surface area is 254 Å². The zero-order valence-corrected chi connectivity index (χ0v) is 26.6. The van der Waals surface area contributed by atoms with Crippen molar-refractivity contribution in [3.63, 3.8) is 0 Å². The van der Waals surface area contributed by atoms with E-state index in [1.807, 2.05) is 52.0 Å². The minimum Gasteiger partial charge on any atom is -0.477 e. The number of sulfonamides is 1. The van der Waals surface area contributed by atoms with Crippen LogP contribution in [-0.4, -0.2) is 43.2 Å². The largest absolute Gasteiger partial charge is 0.477 e. The van der Waals surface area contributed by atoms with Crippen LogP contribution in [0.5, 0.6) is 5.88 Å². The summed E-state index contributed by atoms with van der Waals surface area (Å²) >= 11 is 0. The molecule has 2 N–H and O–H groups in total. The van der Waals surface area contributed by atoms with E-state index < -0.39 is 16.1 Å². The summed E-state index contributed by atoms with van der Waals surface area (Å²) in [5.41, 5.74) is 4.52. The number of ether oxygens (including phenoxy) is 2. The zero-order valence-electron chi connectivity index (χ0n) is 25.8. The molecule has 9 nitrogen and oxygen atoms in total. The van der Waals surface area contributed by atoms with Gasteiger partial charge in [0.2, 0.25) is 11.8 Å². The van der Waals surface area contributed by atoms with E-state index >= 15 is 0 Å². The highest BCUT2D eigenvalue weighted by Crippen LogP contribution is 2.46. The molecular formula is C33H42N4O5S. The second kappa shape index (κ2) is 12.5. The van der Waals surface area contributed by atoms with Crippen LogP contribution >= 0.6 is 0 Å². The lowest BCUT2D eigenvalue weighted by molar-refractivity contribution is 0.0845. The smallest absolute Gasteiger partial charge is 0.407 e. The number of hydrogen-bond acceptors (Lipinski definition) is 7. The molecule has 1 saturated carbocycles.